The summed E-state index contributed by atoms with van der Waals surface area (Å²) in [6, 6.07) is 7.69. The molecule has 0 saturated carbocycles. The van der Waals surface area contributed by atoms with Gasteiger partial charge in [0.25, 0.3) is 11.7 Å². The second-order valence-electron chi connectivity index (χ2n) is 10.6. The van der Waals surface area contributed by atoms with E-state index in [0.29, 0.717) is 42.8 Å². The molecule has 38 heavy (non-hydrogen) atoms. The van der Waals surface area contributed by atoms with Crippen molar-refractivity contribution in [2.45, 2.75) is 58.0 Å². The molecule has 9 nitrogen and oxygen atoms in total. The number of aliphatic hydroxyl groups excluding tert-OH is 1. The number of benzene rings is 1. The molecule has 1 aromatic heterocycles. The third kappa shape index (κ3) is 5.10. The van der Waals surface area contributed by atoms with Crippen LogP contribution in [0, 0.1) is 0 Å². The van der Waals surface area contributed by atoms with Crippen molar-refractivity contribution in [1.29, 1.82) is 0 Å². The van der Waals surface area contributed by atoms with Crippen LogP contribution in [-0.4, -0.2) is 70.5 Å². The number of methoxy groups -OCH3 is 1. The monoisotopic (exact) mass is 521 g/mol. The summed E-state index contributed by atoms with van der Waals surface area (Å²) < 4.78 is 10.6. The first-order valence-electron chi connectivity index (χ1n) is 12.9. The summed E-state index contributed by atoms with van der Waals surface area (Å²) >= 11 is 0. The normalized spacial score (nSPS) is 20.1. The van der Waals surface area contributed by atoms with Crippen LogP contribution in [0.3, 0.4) is 0 Å². The Kier molecular flexibility index (Phi) is 7.76. The molecular formula is C29H35N3O6. The fourth-order valence-corrected chi connectivity index (χ4v) is 5.24. The van der Waals surface area contributed by atoms with E-state index in [2.05, 4.69) is 4.98 Å². The number of ketones is 1. The molecule has 2 fully saturated rings. The number of pyridine rings is 1. The van der Waals surface area contributed by atoms with E-state index in [9.17, 15) is 19.5 Å². The van der Waals surface area contributed by atoms with Gasteiger partial charge in [-0.15, -0.1) is 0 Å². The van der Waals surface area contributed by atoms with Crippen molar-refractivity contribution < 1.29 is 29.0 Å². The fourth-order valence-electron chi connectivity index (χ4n) is 5.24. The zero-order chi connectivity index (χ0) is 27.6. The summed E-state index contributed by atoms with van der Waals surface area (Å²) in [5.74, 6) is -0.948. The van der Waals surface area contributed by atoms with Gasteiger partial charge in [-0.25, -0.2) is 4.79 Å². The number of ether oxygens (including phenoxy) is 2. The lowest BCUT2D eigenvalue weighted by atomic mass is 9.84. The summed E-state index contributed by atoms with van der Waals surface area (Å²) in [6.45, 7) is 8.96. The van der Waals surface area contributed by atoms with Gasteiger partial charge in [0.05, 0.1) is 25.3 Å². The van der Waals surface area contributed by atoms with Crippen LogP contribution in [0.2, 0.25) is 0 Å². The van der Waals surface area contributed by atoms with E-state index in [1.165, 1.54) is 0 Å². The first-order chi connectivity index (χ1) is 18.1. The van der Waals surface area contributed by atoms with Gasteiger partial charge in [0.15, 0.2) is 0 Å². The number of likely N-dealkylation sites (tertiary alicyclic amines) is 2. The van der Waals surface area contributed by atoms with Crippen molar-refractivity contribution in [2.24, 2.45) is 0 Å². The van der Waals surface area contributed by atoms with Gasteiger partial charge in [0.2, 0.25) is 0 Å². The highest BCUT2D eigenvalue weighted by Gasteiger charge is 2.49. The summed E-state index contributed by atoms with van der Waals surface area (Å²) in [6.07, 6.45) is 3.80. The molecule has 1 unspecified atom stereocenters. The lowest BCUT2D eigenvalue weighted by molar-refractivity contribution is -0.142. The molecule has 202 valence electrons. The molecule has 3 heterocycles. The number of hydrogen-bond acceptors (Lipinski definition) is 7. The van der Waals surface area contributed by atoms with Gasteiger partial charge in [0.1, 0.15) is 11.5 Å². The minimum Gasteiger partial charge on any atom is -0.507 e. The first kappa shape index (κ1) is 27.2. The van der Waals surface area contributed by atoms with Crippen molar-refractivity contribution in [3.8, 4) is 5.75 Å². The van der Waals surface area contributed by atoms with Gasteiger partial charge >= 0.3 is 6.09 Å². The van der Waals surface area contributed by atoms with Crippen molar-refractivity contribution in [3.63, 3.8) is 0 Å². The van der Waals surface area contributed by atoms with Crippen molar-refractivity contribution >= 4 is 23.5 Å². The van der Waals surface area contributed by atoms with Crippen LogP contribution in [-0.2, 0) is 19.7 Å². The molecule has 1 aromatic carbocycles. The highest BCUT2D eigenvalue weighted by atomic mass is 16.6. The second-order valence-corrected chi connectivity index (χ2v) is 10.6. The molecule has 2 aliphatic heterocycles. The number of carbonyl (C=O) groups excluding carboxylic acids is 3. The lowest BCUT2D eigenvalue weighted by Crippen LogP contribution is -2.48. The molecule has 0 spiro atoms. The van der Waals surface area contributed by atoms with Gasteiger partial charge in [-0.2, -0.15) is 0 Å². The lowest BCUT2D eigenvalue weighted by Gasteiger charge is -2.38. The molecule has 2 aliphatic rings. The van der Waals surface area contributed by atoms with Gasteiger partial charge in [-0.1, -0.05) is 20.8 Å². The van der Waals surface area contributed by atoms with E-state index in [1.54, 1.807) is 60.5 Å². The van der Waals surface area contributed by atoms with Crippen LogP contribution >= 0.6 is 0 Å². The van der Waals surface area contributed by atoms with Crippen LogP contribution in [0.5, 0.6) is 5.75 Å². The maximum Gasteiger partial charge on any atom is 0.409 e. The SMILES string of the molecule is CCOC(=O)N1CCC(N2C(=O)C(=O)/C(=C(/O)c3ccc(OC)c(C(C)(C)C)c3)C2c2ccncc2)CC1. The quantitative estimate of drug-likeness (QED) is 0.352. The van der Waals surface area contributed by atoms with Crippen LogP contribution in [0.15, 0.2) is 48.3 Å². The molecule has 2 aromatic rings. The van der Waals surface area contributed by atoms with Crippen LogP contribution in [0.1, 0.15) is 63.3 Å². The number of piperidine rings is 1. The van der Waals surface area contributed by atoms with Crippen LogP contribution in [0.4, 0.5) is 4.79 Å². The Hall–Kier alpha value is -3.88. The van der Waals surface area contributed by atoms with E-state index in [1.807, 2.05) is 26.8 Å². The maximum atomic E-state index is 13.5. The number of nitrogens with zero attached hydrogens (tertiary/aromatic N) is 3. The van der Waals surface area contributed by atoms with Gasteiger partial charge in [-0.3, -0.25) is 14.6 Å². The Morgan fingerprint density at radius 2 is 1.76 bits per heavy atom. The average molecular weight is 522 g/mol. The Balaban J connectivity index is 1.77. The van der Waals surface area contributed by atoms with E-state index >= 15 is 0 Å². The van der Waals surface area contributed by atoms with Crippen LogP contribution < -0.4 is 4.74 Å². The maximum absolute atomic E-state index is 13.5. The Labute approximate surface area is 223 Å². The number of carbonyl (C=O) groups is 3. The number of rotatable bonds is 5. The highest BCUT2D eigenvalue weighted by molar-refractivity contribution is 6.46. The number of amides is 2. The van der Waals surface area contributed by atoms with Crippen molar-refractivity contribution in [2.75, 3.05) is 26.8 Å². The van der Waals surface area contributed by atoms with E-state index in [0.717, 1.165) is 5.56 Å². The van der Waals surface area contributed by atoms with E-state index in [-0.39, 0.29) is 35.5 Å². The Morgan fingerprint density at radius 3 is 2.34 bits per heavy atom. The summed E-state index contributed by atoms with van der Waals surface area (Å²) in [4.78, 5) is 46.4. The van der Waals surface area contributed by atoms with Gasteiger partial charge in [0, 0.05) is 42.7 Å². The highest BCUT2D eigenvalue weighted by Crippen LogP contribution is 2.43. The fraction of sp³-hybridized carbons (Fsp3) is 0.448. The molecule has 0 radical (unpaired) electrons. The smallest absolute Gasteiger partial charge is 0.409 e. The molecule has 2 amide bonds. The number of aromatic nitrogens is 1. The van der Waals surface area contributed by atoms with E-state index < -0.39 is 17.7 Å². The topological polar surface area (TPSA) is 109 Å². The summed E-state index contributed by atoms with van der Waals surface area (Å²) in [5.41, 5.74) is 1.73. The number of hydrogen-bond donors (Lipinski definition) is 1. The predicted octanol–water partition coefficient (Wildman–Crippen LogP) is 4.43. The molecule has 1 atom stereocenters. The summed E-state index contributed by atoms with van der Waals surface area (Å²) in [7, 11) is 1.59. The molecule has 4 rings (SSSR count). The van der Waals surface area contributed by atoms with Gasteiger partial charge < -0.3 is 24.4 Å². The zero-order valence-corrected chi connectivity index (χ0v) is 22.6. The van der Waals surface area contributed by atoms with Crippen molar-refractivity contribution in [3.05, 3.63) is 65.0 Å². The molecule has 9 heteroatoms. The number of Topliss-reactive ketones (excluding diaryl/α,β-unsaturated/α-hetero) is 1. The van der Waals surface area contributed by atoms with Crippen molar-refractivity contribution in [1.82, 2.24) is 14.8 Å². The van der Waals surface area contributed by atoms with E-state index in [4.69, 9.17) is 9.47 Å². The second kappa shape index (κ2) is 10.8. The Morgan fingerprint density at radius 1 is 1.11 bits per heavy atom. The number of aliphatic hydroxyl groups is 1. The molecule has 1 N–H and O–H groups in total. The zero-order valence-electron chi connectivity index (χ0n) is 22.6. The minimum absolute atomic E-state index is 0.0408. The molecular weight excluding hydrogens is 486 g/mol. The first-order valence-corrected chi connectivity index (χ1v) is 12.9. The predicted molar refractivity (Wildman–Crippen MR) is 142 cm³/mol. The molecule has 0 bridgehead atoms. The van der Waals surface area contributed by atoms with Crippen LogP contribution in [0.25, 0.3) is 5.76 Å². The minimum atomic E-state index is -0.780. The molecule has 0 aliphatic carbocycles. The Bertz CT molecular complexity index is 1240. The third-order valence-electron chi connectivity index (χ3n) is 7.17. The largest absolute Gasteiger partial charge is 0.507 e. The average Bonchev–Trinajstić information content (AvgIpc) is 3.18. The third-order valence-corrected chi connectivity index (χ3v) is 7.17. The molecule has 2 saturated heterocycles. The summed E-state index contributed by atoms with van der Waals surface area (Å²) in [5, 5.41) is 11.5. The van der Waals surface area contributed by atoms with Gasteiger partial charge in [-0.05, 0) is 61.1 Å². The standard InChI is InChI=1S/C29H35N3O6/c1-6-38-28(36)31-15-11-20(12-16-31)32-24(18-9-13-30-14-10-18)23(26(34)27(32)35)25(33)19-7-8-22(37-5)21(17-19)29(2,3)4/h7-10,13-14,17,20,24,33H,6,11-12,15-16H2,1-5H3/b25-23+.